The standard InChI is InChI=1S/C29H35N4O4/c1-19(2)18-23-26(37-27(33-23)21-13-16-31-17-14-21)25(35)22(11-10-20-8-6-5-7-9-20)32-24(34)12-15-29(3,4)28(30)36/h5-9,12-14,16-17,19,22H,10-11,15,18H2,1-4H3,(H2,30,36)(H,32,34). The zero-order valence-corrected chi connectivity index (χ0v) is 21.9. The first-order valence-electron chi connectivity index (χ1n) is 12.5. The van der Waals surface area contributed by atoms with Gasteiger partial charge in [0.15, 0.2) is 5.76 Å². The summed E-state index contributed by atoms with van der Waals surface area (Å²) in [6.07, 6.45) is 6.29. The predicted molar refractivity (Wildman–Crippen MR) is 141 cm³/mol. The third-order valence-electron chi connectivity index (χ3n) is 6.11. The van der Waals surface area contributed by atoms with Gasteiger partial charge in [0.25, 0.3) is 0 Å². The summed E-state index contributed by atoms with van der Waals surface area (Å²) in [6, 6.07) is 12.4. The number of nitrogens with zero attached hydrogens (tertiary/aromatic N) is 2. The summed E-state index contributed by atoms with van der Waals surface area (Å²) in [6.45, 7) is 7.42. The van der Waals surface area contributed by atoms with Crippen molar-refractivity contribution < 1.29 is 18.8 Å². The first-order chi connectivity index (χ1) is 17.6. The molecular formula is C29H35N4O4. The van der Waals surface area contributed by atoms with Crippen LogP contribution in [-0.2, 0) is 22.4 Å². The zero-order valence-electron chi connectivity index (χ0n) is 21.9. The normalized spacial score (nSPS) is 12.4. The molecule has 3 N–H and O–H groups in total. The molecule has 0 saturated heterocycles. The number of aromatic nitrogens is 2. The van der Waals surface area contributed by atoms with Gasteiger partial charge in [-0.2, -0.15) is 0 Å². The predicted octanol–water partition coefficient (Wildman–Crippen LogP) is 4.34. The smallest absolute Gasteiger partial charge is 0.227 e. The molecule has 0 aliphatic heterocycles. The molecule has 0 aliphatic carbocycles. The quantitative estimate of drug-likeness (QED) is 0.334. The summed E-state index contributed by atoms with van der Waals surface area (Å²) in [7, 11) is 0. The van der Waals surface area contributed by atoms with Crippen LogP contribution in [0.3, 0.4) is 0 Å². The largest absolute Gasteiger partial charge is 0.433 e. The number of carbonyl (C=O) groups excluding carboxylic acids is 3. The third-order valence-corrected chi connectivity index (χ3v) is 6.11. The van der Waals surface area contributed by atoms with Crippen molar-refractivity contribution in [3.63, 3.8) is 0 Å². The van der Waals surface area contributed by atoms with Crippen molar-refractivity contribution in [3.8, 4) is 11.5 Å². The van der Waals surface area contributed by atoms with Crippen molar-refractivity contribution in [2.24, 2.45) is 17.1 Å². The van der Waals surface area contributed by atoms with E-state index in [0.29, 0.717) is 36.4 Å². The SMILES string of the molecule is CC(C)Cc1nc(-c2ccncc2)oc1C(=O)C(CCc1ccccc1)NC(=O)[CH]CC(C)(C)C(N)=O. The lowest BCUT2D eigenvalue weighted by molar-refractivity contribution is -0.126. The number of nitrogens with one attached hydrogen (secondary N) is 1. The van der Waals surface area contributed by atoms with Gasteiger partial charge in [-0.1, -0.05) is 58.0 Å². The number of hydrogen-bond acceptors (Lipinski definition) is 6. The Labute approximate surface area is 218 Å². The second-order valence-corrected chi connectivity index (χ2v) is 10.2. The molecule has 8 nitrogen and oxygen atoms in total. The van der Waals surface area contributed by atoms with Crippen LogP contribution in [-0.4, -0.2) is 33.6 Å². The van der Waals surface area contributed by atoms with E-state index in [-0.39, 0.29) is 23.9 Å². The molecule has 2 amide bonds. The number of pyridine rings is 1. The van der Waals surface area contributed by atoms with Crippen molar-refractivity contribution >= 4 is 17.6 Å². The van der Waals surface area contributed by atoms with Crippen molar-refractivity contribution in [2.45, 2.75) is 59.4 Å². The van der Waals surface area contributed by atoms with Crippen LogP contribution in [0.15, 0.2) is 59.3 Å². The summed E-state index contributed by atoms with van der Waals surface area (Å²) in [5.74, 6) is -0.559. The van der Waals surface area contributed by atoms with E-state index in [2.05, 4.69) is 15.3 Å². The molecule has 1 atom stereocenters. The highest BCUT2D eigenvalue weighted by molar-refractivity contribution is 6.01. The fourth-order valence-corrected chi connectivity index (χ4v) is 3.75. The van der Waals surface area contributed by atoms with Crippen molar-refractivity contribution in [2.75, 3.05) is 0 Å². The average Bonchev–Trinajstić information content (AvgIpc) is 3.29. The summed E-state index contributed by atoms with van der Waals surface area (Å²) >= 11 is 0. The third kappa shape index (κ3) is 7.84. The topological polar surface area (TPSA) is 128 Å². The number of Topliss-reactive ketones (excluding diaryl/α,β-unsaturated/α-hetero) is 1. The molecule has 2 heterocycles. The fraction of sp³-hybridized carbons (Fsp3) is 0.379. The minimum absolute atomic E-state index is 0.149. The average molecular weight is 504 g/mol. The van der Waals surface area contributed by atoms with Gasteiger partial charge in [-0.25, -0.2) is 4.98 Å². The Balaban J connectivity index is 1.87. The maximum absolute atomic E-state index is 13.8. The molecular weight excluding hydrogens is 468 g/mol. The number of oxazole rings is 1. The molecule has 0 aliphatic rings. The number of primary amides is 1. The first kappa shape index (κ1) is 27.8. The molecule has 1 unspecified atom stereocenters. The van der Waals surface area contributed by atoms with Gasteiger partial charge < -0.3 is 15.5 Å². The zero-order chi connectivity index (χ0) is 27.0. The first-order valence-corrected chi connectivity index (χ1v) is 12.5. The Kier molecular flexibility index (Phi) is 9.33. The number of amides is 2. The van der Waals surface area contributed by atoms with E-state index in [4.69, 9.17) is 10.2 Å². The van der Waals surface area contributed by atoms with Crippen LogP contribution in [0.1, 0.15) is 62.3 Å². The van der Waals surface area contributed by atoms with Gasteiger partial charge in [0.2, 0.25) is 23.5 Å². The maximum Gasteiger partial charge on any atom is 0.227 e. The lowest BCUT2D eigenvalue weighted by Gasteiger charge is -2.21. The van der Waals surface area contributed by atoms with E-state index in [0.717, 1.165) is 5.56 Å². The number of benzene rings is 1. The molecule has 37 heavy (non-hydrogen) atoms. The molecule has 0 fully saturated rings. The van der Waals surface area contributed by atoms with Gasteiger partial charge in [-0.3, -0.25) is 19.4 Å². The minimum Gasteiger partial charge on any atom is -0.433 e. The van der Waals surface area contributed by atoms with Crippen LogP contribution in [0.2, 0.25) is 0 Å². The van der Waals surface area contributed by atoms with Gasteiger partial charge in [-0.05, 0) is 49.3 Å². The number of nitrogens with two attached hydrogens (primary N) is 1. The van der Waals surface area contributed by atoms with Crippen LogP contribution >= 0.6 is 0 Å². The Hall–Kier alpha value is -3.81. The van der Waals surface area contributed by atoms with Gasteiger partial charge in [0.05, 0.1) is 18.2 Å². The number of hydrogen-bond donors (Lipinski definition) is 2. The van der Waals surface area contributed by atoms with Crippen LogP contribution in [0.25, 0.3) is 11.5 Å². The lowest BCUT2D eigenvalue weighted by atomic mass is 9.87. The summed E-state index contributed by atoms with van der Waals surface area (Å²) in [5.41, 5.74) is 6.87. The van der Waals surface area contributed by atoms with Crippen LogP contribution in [0.4, 0.5) is 0 Å². The van der Waals surface area contributed by atoms with E-state index in [1.165, 1.54) is 6.42 Å². The molecule has 1 aromatic carbocycles. The second-order valence-electron chi connectivity index (χ2n) is 10.2. The van der Waals surface area contributed by atoms with E-state index < -0.39 is 23.3 Å². The van der Waals surface area contributed by atoms with Crippen molar-refractivity contribution in [3.05, 3.63) is 78.3 Å². The van der Waals surface area contributed by atoms with Gasteiger partial charge in [-0.15, -0.1) is 0 Å². The Morgan fingerprint density at radius 3 is 2.38 bits per heavy atom. The van der Waals surface area contributed by atoms with E-state index in [1.807, 2.05) is 44.2 Å². The monoisotopic (exact) mass is 503 g/mol. The molecule has 195 valence electrons. The summed E-state index contributed by atoms with van der Waals surface area (Å²) < 4.78 is 6.01. The Morgan fingerprint density at radius 1 is 1.08 bits per heavy atom. The van der Waals surface area contributed by atoms with Gasteiger partial charge in [0.1, 0.15) is 0 Å². The van der Waals surface area contributed by atoms with E-state index in [1.54, 1.807) is 38.4 Å². The highest BCUT2D eigenvalue weighted by Gasteiger charge is 2.31. The lowest BCUT2D eigenvalue weighted by Crippen LogP contribution is -2.42. The van der Waals surface area contributed by atoms with Gasteiger partial charge >= 0.3 is 0 Å². The molecule has 8 heteroatoms. The molecule has 1 radical (unpaired) electrons. The second kappa shape index (κ2) is 12.4. The summed E-state index contributed by atoms with van der Waals surface area (Å²) in [4.78, 5) is 46.9. The number of rotatable bonds is 13. The number of ketones is 1. The van der Waals surface area contributed by atoms with Crippen LogP contribution in [0.5, 0.6) is 0 Å². The van der Waals surface area contributed by atoms with Crippen molar-refractivity contribution in [1.29, 1.82) is 0 Å². The van der Waals surface area contributed by atoms with E-state index >= 15 is 0 Å². The van der Waals surface area contributed by atoms with Crippen molar-refractivity contribution in [1.82, 2.24) is 15.3 Å². The number of carbonyl (C=O) groups is 3. The molecule has 0 spiro atoms. The highest BCUT2D eigenvalue weighted by Crippen LogP contribution is 2.26. The Bertz CT molecular complexity index is 1200. The summed E-state index contributed by atoms with van der Waals surface area (Å²) in [5, 5.41) is 2.83. The molecule has 2 aromatic heterocycles. The highest BCUT2D eigenvalue weighted by atomic mass is 16.4. The fourth-order valence-electron chi connectivity index (χ4n) is 3.75. The molecule has 3 rings (SSSR count). The molecule has 0 bridgehead atoms. The van der Waals surface area contributed by atoms with E-state index in [9.17, 15) is 14.4 Å². The number of aryl methyl sites for hydroxylation is 1. The van der Waals surface area contributed by atoms with Gasteiger partial charge in [0, 0.05) is 23.4 Å². The molecule has 0 saturated carbocycles. The maximum atomic E-state index is 13.8. The minimum atomic E-state index is -0.879. The Morgan fingerprint density at radius 2 is 1.76 bits per heavy atom. The van der Waals surface area contributed by atoms with Crippen LogP contribution in [0, 0.1) is 17.8 Å². The molecule has 3 aromatic rings. The van der Waals surface area contributed by atoms with Crippen LogP contribution < -0.4 is 11.1 Å².